The van der Waals surface area contributed by atoms with Crippen molar-refractivity contribution >= 4 is 5.82 Å². The Hall–Kier alpha value is -2.83. The van der Waals surface area contributed by atoms with E-state index in [2.05, 4.69) is 15.2 Å². The number of ether oxygens (including phenoxy) is 1. The fourth-order valence-electron chi connectivity index (χ4n) is 2.04. The van der Waals surface area contributed by atoms with Crippen LogP contribution in [0.1, 0.15) is 5.56 Å². The van der Waals surface area contributed by atoms with Crippen molar-refractivity contribution in [1.82, 2.24) is 19.9 Å². The van der Waals surface area contributed by atoms with Crippen molar-refractivity contribution < 1.29 is 9.26 Å². The predicted molar refractivity (Wildman–Crippen MR) is 77.6 cm³/mol. The van der Waals surface area contributed by atoms with Crippen LogP contribution in [0.2, 0.25) is 0 Å². The molecule has 0 aliphatic rings. The van der Waals surface area contributed by atoms with E-state index in [0.29, 0.717) is 28.8 Å². The van der Waals surface area contributed by atoms with Gasteiger partial charge in [0.1, 0.15) is 17.1 Å². The standard InChI is InChI=1S/C14H15N5O2/c1-8-4-5-9(11(6-8)20-3)13-17-14(21-18-13)10-7-16-19(2)12(10)15/h4-7H,15H2,1-3H3. The molecule has 2 aromatic heterocycles. The van der Waals surface area contributed by atoms with Gasteiger partial charge in [-0.15, -0.1) is 0 Å². The Labute approximate surface area is 121 Å². The number of nitrogens with two attached hydrogens (primary N) is 1. The number of rotatable bonds is 3. The van der Waals surface area contributed by atoms with Crippen LogP contribution >= 0.6 is 0 Å². The number of hydrogen-bond donors (Lipinski definition) is 1. The van der Waals surface area contributed by atoms with Crippen molar-refractivity contribution in [1.29, 1.82) is 0 Å². The highest BCUT2D eigenvalue weighted by atomic mass is 16.5. The Bertz CT molecular complexity index is 791. The molecule has 0 saturated heterocycles. The van der Waals surface area contributed by atoms with E-state index < -0.39 is 0 Å². The molecule has 0 bridgehead atoms. The van der Waals surface area contributed by atoms with E-state index in [1.165, 1.54) is 0 Å². The summed E-state index contributed by atoms with van der Waals surface area (Å²) in [6, 6.07) is 5.78. The van der Waals surface area contributed by atoms with Gasteiger partial charge in [-0.05, 0) is 24.6 Å². The van der Waals surface area contributed by atoms with Crippen LogP contribution in [0.25, 0.3) is 22.8 Å². The lowest BCUT2D eigenvalue weighted by Crippen LogP contribution is -1.98. The zero-order valence-corrected chi connectivity index (χ0v) is 12.0. The van der Waals surface area contributed by atoms with Crippen molar-refractivity contribution in [3.05, 3.63) is 30.0 Å². The molecule has 108 valence electrons. The van der Waals surface area contributed by atoms with Crippen molar-refractivity contribution in [3.8, 4) is 28.6 Å². The molecule has 0 atom stereocenters. The summed E-state index contributed by atoms with van der Waals surface area (Å²) in [5, 5.41) is 8.05. The summed E-state index contributed by atoms with van der Waals surface area (Å²) < 4.78 is 12.2. The highest BCUT2D eigenvalue weighted by molar-refractivity contribution is 5.70. The second-order valence-corrected chi connectivity index (χ2v) is 4.69. The number of benzene rings is 1. The second kappa shape index (κ2) is 4.93. The monoisotopic (exact) mass is 285 g/mol. The Morgan fingerprint density at radius 3 is 2.76 bits per heavy atom. The van der Waals surface area contributed by atoms with E-state index in [0.717, 1.165) is 11.1 Å². The molecule has 0 unspecified atom stereocenters. The van der Waals surface area contributed by atoms with Crippen LogP contribution in [-0.2, 0) is 7.05 Å². The van der Waals surface area contributed by atoms with Gasteiger partial charge in [0.05, 0.1) is 18.9 Å². The number of anilines is 1. The van der Waals surface area contributed by atoms with Gasteiger partial charge in [0.25, 0.3) is 5.89 Å². The number of nitrogen functional groups attached to an aromatic ring is 1. The van der Waals surface area contributed by atoms with Crippen LogP contribution in [0.3, 0.4) is 0 Å². The van der Waals surface area contributed by atoms with Gasteiger partial charge in [-0.2, -0.15) is 10.1 Å². The van der Waals surface area contributed by atoms with E-state index in [9.17, 15) is 0 Å². The molecule has 0 fully saturated rings. The van der Waals surface area contributed by atoms with Crippen molar-refractivity contribution in [2.24, 2.45) is 7.05 Å². The third-order valence-corrected chi connectivity index (χ3v) is 3.24. The van der Waals surface area contributed by atoms with Gasteiger partial charge in [0, 0.05) is 7.05 Å². The summed E-state index contributed by atoms with van der Waals surface area (Å²) in [6.07, 6.45) is 1.60. The molecule has 7 nitrogen and oxygen atoms in total. The van der Waals surface area contributed by atoms with E-state index in [1.807, 2.05) is 25.1 Å². The third-order valence-electron chi connectivity index (χ3n) is 3.24. The minimum Gasteiger partial charge on any atom is -0.496 e. The predicted octanol–water partition coefficient (Wildman–Crippen LogP) is 2.04. The Morgan fingerprint density at radius 2 is 2.10 bits per heavy atom. The van der Waals surface area contributed by atoms with Crippen LogP contribution in [-0.4, -0.2) is 27.0 Å². The second-order valence-electron chi connectivity index (χ2n) is 4.69. The summed E-state index contributed by atoms with van der Waals surface area (Å²) in [7, 11) is 3.36. The number of hydrogen-bond acceptors (Lipinski definition) is 6. The minimum absolute atomic E-state index is 0.332. The average molecular weight is 285 g/mol. The largest absolute Gasteiger partial charge is 0.496 e. The normalized spacial score (nSPS) is 10.8. The summed E-state index contributed by atoms with van der Waals surface area (Å²) >= 11 is 0. The molecule has 2 heterocycles. The first kappa shape index (κ1) is 13.2. The molecule has 0 radical (unpaired) electrons. The molecule has 0 saturated carbocycles. The summed E-state index contributed by atoms with van der Waals surface area (Å²) in [6.45, 7) is 1.99. The molecular weight excluding hydrogens is 270 g/mol. The summed E-state index contributed by atoms with van der Waals surface area (Å²) in [5.74, 6) is 1.95. The first-order valence-electron chi connectivity index (χ1n) is 6.36. The van der Waals surface area contributed by atoms with Crippen LogP contribution in [0.4, 0.5) is 5.82 Å². The number of methoxy groups -OCH3 is 1. The molecule has 0 amide bonds. The SMILES string of the molecule is COc1cc(C)ccc1-c1noc(-c2cnn(C)c2N)n1. The average Bonchev–Trinajstić information content (AvgIpc) is 3.07. The lowest BCUT2D eigenvalue weighted by Gasteiger charge is -2.05. The fourth-order valence-corrected chi connectivity index (χ4v) is 2.04. The van der Waals surface area contributed by atoms with Crippen molar-refractivity contribution in [3.63, 3.8) is 0 Å². The summed E-state index contributed by atoms with van der Waals surface area (Å²) in [4.78, 5) is 4.37. The van der Waals surface area contributed by atoms with Crippen molar-refractivity contribution in [2.45, 2.75) is 6.92 Å². The van der Waals surface area contributed by atoms with E-state index in [1.54, 1.807) is 25.0 Å². The Kier molecular flexibility index (Phi) is 3.09. The molecule has 0 aliphatic heterocycles. The zero-order valence-electron chi connectivity index (χ0n) is 12.0. The number of nitrogens with zero attached hydrogens (tertiary/aromatic N) is 4. The maximum absolute atomic E-state index is 5.91. The van der Waals surface area contributed by atoms with Gasteiger partial charge < -0.3 is 15.0 Å². The van der Waals surface area contributed by atoms with E-state index >= 15 is 0 Å². The van der Waals surface area contributed by atoms with Crippen LogP contribution in [0, 0.1) is 6.92 Å². The third kappa shape index (κ3) is 2.22. The molecule has 0 aliphatic carbocycles. The van der Waals surface area contributed by atoms with Gasteiger partial charge in [-0.3, -0.25) is 4.68 Å². The first-order chi connectivity index (χ1) is 10.1. The Balaban J connectivity index is 2.05. The number of aromatic nitrogens is 4. The highest BCUT2D eigenvalue weighted by Gasteiger charge is 2.18. The van der Waals surface area contributed by atoms with Crippen LogP contribution in [0.15, 0.2) is 28.9 Å². The van der Waals surface area contributed by atoms with E-state index in [4.69, 9.17) is 15.0 Å². The summed E-state index contributed by atoms with van der Waals surface area (Å²) in [5.41, 5.74) is 8.38. The van der Waals surface area contributed by atoms with Gasteiger partial charge in [0.2, 0.25) is 5.82 Å². The lowest BCUT2D eigenvalue weighted by atomic mass is 10.1. The van der Waals surface area contributed by atoms with Gasteiger partial charge >= 0.3 is 0 Å². The quantitative estimate of drug-likeness (QED) is 0.791. The zero-order chi connectivity index (χ0) is 15.0. The maximum atomic E-state index is 5.91. The lowest BCUT2D eigenvalue weighted by molar-refractivity contribution is 0.413. The van der Waals surface area contributed by atoms with Crippen LogP contribution in [0.5, 0.6) is 5.75 Å². The van der Waals surface area contributed by atoms with Gasteiger partial charge in [-0.1, -0.05) is 11.2 Å². The molecule has 7 heteroatoms. The van der Waals surface area contributed by atoms with Crippen molar-refractivity contribution in [2.75, 3.05) is 12.8 Å². The minimum atomic E-state index is 0.332. The molecular formula is C14H15N5O2. The molecule has 2 N–H and O–H groups in total. The topological polar surface area (TPSA) is 92.0 Å². The molecule has 21 heavy (non-hydrogen) atoms. The molecule has 1 aromatic carbocycles. The van der Waals surface area contributed by atoms with Gasteiger partial charge in [-0.25, -0.2) is 0 Å². The molecule has 3 aromatic rings. The Morgan fingerprint density at radius 1 is 1.29 bits per heavy atom. The maximum Gasteiger partial charge on any atom is 0.263 e. The number of aryl methyl sites for hydroxylation is 2. The molecule has 3 rings (SSSR count). The smallest absolute Gasteiger partial charge is 0.263 e. The first-order valence-corrected chi connectivity index (χ1v) is 6.36. The fraction of sp³-hybridized carbons (Fsp3) is 0.214. The van der Waals surface area contributed by atoms with Gasteiger partial charge in [0.15, 0.2) is 0 Å². The van der Waals surface area contributed by atoms with Crippen LogP contribution < -0.4 is 10.5 Å². The van der Waals surface area contributed by atoms with E-state index in [-0.39, 0.29) is 0 Å². The molecule has 0 spiro atoms. The highest BCUT2D eigenvalue weighted by Crippen LogP contribution is 2.31.